The lowest BCUT2D eigenvalue weighted by Gasteiger charge is -2.09. The van der Waals surface area contributed by atoms with Gasteiger partial charge in [0.1, 0.15) is 5.82 Å². The number of benzene rings is 2. The monoisotopic (exact) mass is 279 g/mol. The van der Waals surface area contributed by atoms with Crippen LogP contribution in [-0.4, -0.2) is 5.91 Å². The van der Waals surface area contributed by atoms with Crippen molar-refractivity contribution in [2.75, 3.05) is 16.8 Å². The van der Waals surface area contributed by atoms with Gasteiger partial charge in [-0.25, -0.2) is 4.39 Å². The molecule has 2 rings (SSSR count). The van der Waals surface area contributed by atoms with E-state index in [-0.39, 0.29) is 16.3 Å². The van der Waals surface area contributed by atoms with Crippen LogP contribution in [0.2, 0.25) is 5.02 Å². The summed E-state index contributed by atoms with van der Waals surface area (Å²) in [6.07, 6.45) is 0. The van der Waals surface area contributed by atoms with E-state index < -0.39 is 11.7 Å². The first-order chi connectivity index (χ1) is 8.97. The summed E-state index contributed by atoms with van der Waals surface area (Å²) in [7, 11) is 0. The molecule has 0 spiro atoms. The van der Waals surface area contributed by atoms with Crippen molar-refractivity contribution in [1.82, 2.24) is 0 Å². The molecule has 0 aliphatic carbocycles. The molecule has 0 atom stereocenters. The van der Waals surface area contributed by atoms with E-state index in [4.69, 9.17) is 23.1 Å². The predicted molar refractivity (Wildman–Crippen MR) is 74.6 cm³/mol. The number of amides is 1. The number of halogens is 2. The van der Waals surface area contributed by atoms with E-state index in [0.29, 0.717) is 11.4 Å². The predicted octanol–water partition coefficient (Wildman–Crippen LogP) is 2.90. The lowest BCUT2D eigenvalue weighted by molar-refractivity contribution is 0.102. The first kappa shape index (κ1) is 13.2. The van der Waals surface area contributed by atoms with Gasteiger partial charge in [0.15, 0.2) is 0 Å². The van der Waals surface area contributed by atoms with E-state index in [0.717, 1.165) is 6.07 Å². The maximum atomic E-state index is 12.9. The van der Waals surface area contributed by atoms with E-state index in [2.05, 4.69) is 5.32 Å². The Hall–Kier alpha value is -2.27. The number of nitrogens with one attached hydrogen (secondary N) is 1. The number of hydrogen-bond acceptors (Lipinski definition) is 3. The van der Waals surface area contributed by atoms with Crippen molar-refractivity contribution in [3.63, 3.8) is 0 Å². The SMILES string of the molecule is Nc1ccc(Cl)c(C(=O)Nc2ccc(F)cc2N)c1. The van der Waals surface area contributed by atoms with Crippen LogP contribution < -0.4 is 16.8 Å². The maximum absolute atomic E-state index is 12.9. The first-order valence-corrected chi connectivity index (χ1v) is 5.76. The third-order valence-electron chi connectivity index (χ3n) is 2.50. The van der Waals surface area contributed by atoms with Crippen LogP contribution in [0, 0.1) is 5.82 Å². The molecule has 0 saturated heterocycles. The van der Waals surface area contributed by atoms with E-state index in [9.17, 15) is 9.18 Å². The lowest BCUT2D eigenvalue weighted by atomic mass is 10.1. The molecule has 6 heteroatoms. The fourth-order valence-electron chi connectivity index (χ4n) is 1.55. The molecule has 4 nitrogen and oxygen atoms in total. The smallest absolute Gasteiger partial charge is 0.257 e. The quantitative estimate of drug-likeness (QED) is 0.739. The molecule has 19 heavy (non-hydrogen) atoms. The van der Waals surface area contributed by atoms with Crippen LogP contribution in [0.25, 0.3) is 0 Å². The normalized spacial score (nSPS) is 10.2. The van der Waals surface area contributed by atoms with Gasteiger partial charge < -0.3 is 16.8 Å². The van der Waals surface area contributed by atoms with Crippen molar-refractivity contribution in [1.29, 1.82) is 0 Å². The minimum atomic E-state index is -0.475. The average Bonchev–Trinajstić information content (AvgIpc) is 2.35. The highest BCUT2D eigenvalue weighted by Crippen LogP contribution is 2.23. The fraction of sp³-hybridized carbons (Fsp3) is 0. The summed E-state index contributed by atoms with van der Waals surface area (Å²) in [6.45, 7) is 0. The highest BCUT2D eigenvalue weighted by molar-refractivity contribution is 6.34. The molecule has 0 aromatic heterocycles. The minimum Gasteiger partial charge on any atom is -0.399 e. The third kappa shape index (κ3) is 2.95. The third-order valence-corrected chi connectivity index (χ3v) is 2.83. The van der Waals surface area contributed by atoms with Crippen molar-refractivity contribution in [3.8, 4) is 0 Å². The van der Waals surface area contributed by atoms with E-state index in [1.165, 1.54) is 24.3 Å². The summed E-state index contributed by atoms with van der Waals surface area (Å²) in [6, 6.07) is 8.27. The Balaban J connectivity index is 2.28. The first-order valence-electron chi connectivity index (χ1n) is 5.39. The Labute approximate surface area is 114 Å². The van der Waals surface area contributed by atoms with E-state index in [1.807, 2.05) is 0 Å². The largest absolute Gasteiger partial charge is 0.399 e. The zero-order valence-corrected chi connectivity index (χ0v) is 10.5. The summed E-state index contributed by atoms with van der Waals surface area (Å²) < 4.78 is 12.9. The molecule has 2 aromatic rings. The van der Waals surface area contributed by atoms with Crippen LogP contribution in [0.3, 0.4) is 0 Å². The number of carbonyl (C=O) groups excluding carboxylic acids is 1. The topological polar surface area (TPSA) is 81.1 Å². The second-order valence-electron chi connectivity index (χ2n) is 3.92. The molecule has 0 unspecified atom stereocenters. The fourth-order valence-corrected chi connectivity index (χ4v) is 1.76. The summed E-state index contributed by atoms with van der Waals surface area (Å²) in [4.78, 5) is 12.0. The van der Waals surface area contributed by atoms with E-state index in [1.54, 1.807) is 6.07 Å². The number of nitrogens with two attached hydrogens (primary N) is 2. The number of hydrogen-bond donors (Lipinski definition) is 3. The average molecular weight is 280 g/mol. The molecule has 0 saturated carbocycles. The molecule has 0 heterocycles. The summed E-state index contributed by atoms with van der Waals surface area (Å²) in [5.41, 5.74) is 12.3. The van der Waals surface area contributed by atoms with Crippen molar-refractivity contribution in [3.05, 3.63) is 52.8 Å². The van der Waals surface area contributed by atoms with Gasteiger partial charge >= 0.3 is 0 Å². The summed E-state index contributed by atoms with van der Waals surface area (Å²) in [5, 5.41) is 2.82. The van der Waals surface area contributed by atoms with Gasteiger partial charge in [-0.2, -0.15) is 0 Å². The molecule has 0 radical (unpaired) electrons. The Morgan fingerprint density at radius 2 is 1.89 bits per heavy atom. The maximum Gasteiger partial charge on any atom is 0.257 e. The molecule has 0 aliphatic heterocycles. The summed E-state index contributed by atoms with van der Waals surface area (Å²) >= 11 is 5.91. The van der Waals surface area contributed by atoms with E-state index >= 15 is 0 Å². The second-order valence-corrected chi connectivity index (χ2v) is 4.33. The van der Waals surface area contributed by atoms with Crippen LogP contribution in [0.15, 0.2) is 36.4 Å². The number of nitrogen functional groups attached to an aromatic ring is 2. The van der Waals surface area contributed by atoms with Crippen molar-refractivity contribution < 1.29 is 9.18 Å². The van der Waals surface area contributed by atoms with Gasteiger partial charge in [0, 0.05) is 5.69 Å². The number of carbonyl (C=O) groups is 1. The highest BCUT2D eigenvalue weighted by Gasteiger charge is 2.12. The highest BCUT2D eigenvalue weighted by atomic mass is 35.5. The molecule has 98 valence electrons. The van der Waals surface area contributed by atoms with Gasteiger partial charge in [0.05, 0.1) is 22.0 Å². The van der Waals surface area contributed by atoms with Gasteiger partial charge in [-0.1, -0.05) is 11.6 Å². The molecule has 5 N–H and O–H groups in total. The van der Waals surface area contributed by atoms with Crippen LogP contribution in [0.4, 0.5) is 21.5 Å². The minimum absolute atomic E-state index is 0.133. The van der Waals surface area contributed by atoms with Crippen LogP contribution >= 0.6 is 11.6 Å². The van der Waals surface area contributed by atoms with Gasteiger partial charge in [0.25, 0.3) is 5.91 Å². The van der Waals surface area contributed by atoms with Gasteiger partial charge in [-0.05, 0) is 36.4 Å². The standard InChI is InChI=1S/C13H11ClFN3O/c14-10-3-2-8(16)6-9(10)13(19)18-12-4-1-7(15)5-11(12)17/h1-6H,16-17H2,(H,18,19). The number of rotatable bonds is 2. The number of anilines is 3. The molecule has 1 amide bonds. The van der Waals surface area contributed by atoms with Crippen molar-refractivity contribution >= 4 is 34.6 Å². The lowest BCUT2D eigenvalue weighted by Crippen LogP contribution is -2.14. The van der Waals surface area contributed by atoms with Gasteiger partial charge in [-0.15, -0.1) is 0 Å². The summed E-state index contributed by atoms with van der Waals surface area (Å²) in [5.74, 6) is -0.937. The Kier molecular flexibility index (Phi) is 3.57. The van der Waals surface area contributed by atoms with Crippen LogP contribution in [0.1, 0.15) is 10.4 Å². The molecule has 0 bridgehead atoms. The second kappa shape index (κ2) is 5.16. The molecular formula is C13H11ClFN3O. The molecular weight excluding hydrogens is 269 g/mol. The Morgan fingerprint density at radius 1 is 1.16 bits per heavy atom. The van der Waals surface area contributed by atoms with Crippen molar-refractivity contribution in [2.24, 2.45) is 0 Å². The zero-order chi connectivity index (χ0) is 14.0. The molecule has 0 fully saturated rings. The van der Waals surface area contributed by atoms with Gasteiger partial charge in [0.2, 0.25) is 0 Å². The van der Waals surface area contributed by atoms with Crippen LogP contribution in [0.5, 0.6) is 0 Å². The molecule has 2 aromatic carbocycles. The van der Waals surface area contributed by atoms with Crippen molar-refractivity contribution in [2.45, 2.75) is 0 Å². The Morgan fingerprint density at radius 3 is 2.58 bits per heavy atom. The zero-order valence-electron chi connectivity index (χ0n) is 9.78. The van der Waals surface area contributed by atoms with Crippen LogP contribution in [-0.2, 0) is 0 Å². The Bertz CT molecular complexity index is 646. The molecule has 0 aliphatic rings. The van der Waals surface area contributed by atoms with Gasteiger partial charge in [-0.3, -0.25) is 4.79 Å².